The number of aromatic nitrogens is 3. The number of benzene rings is 2. The number of anilines is 2. The molecule has 0 fully saturated rings. The Morgan fingerprint density at radius 2 is 1.88 bits per heavy atom. The number of ether oxygens (including phenoxy) is 1. The molecule has 1 aromatic heterocycles. The first-order valence-electron chi connectivity index (χ1n) is 8.03. The number of nitrogens with zero attached hydrogens (tertiary/aromatic N) is 3. The van der Waals surface area contributed by atoms with Crippen molar-refractivity contribution in [2.24, 2.45) is 0 Å². The van der Waals surface area contributed by atoms with Gasteiger partial charge in [-0.3, -0.25) is 0 Å². The van der Waals surface area contributed by atoms with E-state index in [4.69, 9.17) is 22.1 Å². The summed E-state index contributed by atoms with van der Waals surface area (Å²) in [6.45, 7) is 0. The highest BCUT2D eigenvalue weighted by atomic mass is 35.5. The molecule has 0 spiro atoms. The molecular weight excluding hydrogens is 338 g/mol. The molecule has 2 aromatic carbocycles. The third-order valence-corrected chi connectivity index (χ3v) is 4.83. The Labute approximate surface area is 150 Å². The van der Waals surface area contributed by atoms with E-state index in [0.717, 1.165) is 28.3 Å². The summed E-state index contributed by atoms with van der Waals surface area (Å²) in [6, 6.07) is 15.7. The molecule has 3 N–H and O–H groups in total. The molecular formula is C18H18ClN5O. The number of nitrogens with one attached hydrogen (secondary N) is 1. The highest BCUT2D eigenvalue weighted by Gasteiger charge is 2.33. The van der Waals surface area contributed by atoms with E-state index in [1.807, 2.05) is 53.2 Å². The first kappa shape index (κ1) is 15.8. The first-order valence-corrected chi connectivity index (χ1v) is 8.41. The van der Waals surface area contributed by atoms with Gasteiger partial charge in [0.15, 0.2) is 0 Å². The van der Waals surface area contributed by atoms with Gasteiger partial charge >= 0.3 is 0 Å². The van der Waals surface area contributed by atoms with Crippen LogP contribution < -0.4 is 15.8 Å². The average Bonchev–Trinajstić information content (AvgIpc) is 3.01. The number of methoxy groups -OCH3 is 1. The SMILES string of the molecule is COc1ccccc1[C@H]1C[C@@H](c2ccccc2Cl)Nc2nc(N)nn21. The van der Waals surface area contributed by atoms with Crippen LogP contribution in [0, 0.1) is 0 Å². The highest BCUT2D eigenvalue weighted by molar-refractivity contribution is 6.31. The lowest BCUT2D eigenvalue weighted by molar-refractivity contribution is 0.380. The zero-order valence-corrected chi connectivity index (χ0v) is 14.4. The van der Waals surface area contributed by atoms with Crippen molar-refractivity contribution < 1.29 is 4.74 Å². The van der Waals surface area contributed by atoms with Crippen LogP contribution in [0.5, 0.6) is 5.75 Å². The molecule has 4 rings (SSSR count). The minimum atomic E-state index is -0.0570. The maximum atomic E-state index is 6.41. The predicted octanol–water partition coefficient (Wildman–Crippen LogP) is 3.67. The second-order valence-electron chi connectivity index (χ2n) is 5.95. The number of hydrogen-bond donors (Lipinski definition) is 2. The number of hydrogen-bond acceptors (Lipinski definition) is 5. The van der Waals surface area contributed by atoms with Crippen molar-refractivity contribution in [3.8, 4) is 5.75 Å². The van der Waals surface area contributed by atoms with E-state index >= 15 is 0 Å². The van der Waals surface area contributed by atoms with Crippen LogP contribution in [0.4, 0.5) is 11.9 Å². The Kier molecular flexibility index (Phi) is 3.97. The molecule has 6 nitrogen and oxygen atoms in total. The topological polar surface area (TPSA) is 78.0 Å². The molecule has 0 radical (unpaired) electrons. The summed E-state index contributed by atoms with van der Waals surface area (Å²) in [4.78, 5) is 4.32. The van der Waals surface area contributed by atoms with Crippen LogP contribution >= 0.6 is 11.6 Å². The van der Waals surface area contributed by atoms with Crippen LogP contribution in [0.3, 0.4) is 0 Å². The lowest BCUT2D eigenvalue weighted by Crippen LogP contribution is -2.28. The quantitative estimate of drug-likeness (QED) is 0.749. The van der Waals surface area contributed by atoms with Crippen LogP contribution in [-0.2, 0) is 0 Å². The summed E-state index contributed by atoms with van der Waals surface area (Å²) >= 11 is 6.41. The normalized spacial score (nSPS) is 19.1. The molecule has 0 amide bonds. The summed E-state index contributed by atoms with van der Waals surface area (Å²) in [6.07, 6.45) is 0.750. The van der Waals surface area contributed by atoms with E-state index in [1.165, 1.54) is 0 Å². The zero-order valence-electron chi connectivity index (χ0n) is 13.7. The lowest BCUT2D eigenvalue weighted by atomic mass is 9.93. The maximum absolute atomic E-state index is 6.41. The van der Waals surface area contributed by atoms with Crippen LogP contribution in [-0.4, -0.2) is 21.9 Å². The monoisotopic (exact) mass is 355 g/mol. The maximum Gasteiger partial charge on any atom is 0.241 e. The minimum Gasteiger partial charge on any atom is -0.496 e. The smallest absolute Gasteiger partial charge is 0.241 e. The fourth-order valence-corrected chi connectivity index (χ4v) is 3.62. The van der Waals surface area contributed by atoms with Crippen molar-refractivity contribution in [1.82, 2.24) is 14.8 Å². The Morgan fingerprint density at radius 3 is 2.64 bits per heavy atom. The van der Waals surface area contributed by atoms with Crippen molar-refractivity contribution in [3.05, 3.63) is 64.7 Å². The molecule has 2 atom stereocenters. The highest BCUT2D eigenvalue weighted by Crippen LogP contribution is 2.42. The standard InChI is InChI=1S/C18H18ClN5O/c1-25-16-9-5-3-7-12(16)15-10-14(11-6-2-4-8-13(11)19)21-18-22-17(20)23-24(15)18/h2-9,14-15H,10H2,1H3,(H3,20,21,22,23)/t14-,15+/m0/s1. The summed E-state index contributed by atoms with van der Waals surface area (Å²) in [7, 11) is 1.67. The van der Waals surface area contributed by atoms with E-state index < -0.39 is 0 Å². The molecule has 1 aliphatic heterocycles. The Bertz CT molecular complexity index is 910. The van der Waals surface area contributed by atoms with E-state index in [2.05, 4.69) is 15.4 Å². The first-order chi connectivity index (χ1) is 12.2. The Balaban J connectivity index is 1.81. The van der Waals surface area contributed by atoms with Gasteiger partial charge in [0.1, 0.15) is 5.75 Å². The van der Waals surface area contributed by atoms with E-state index in [1.54, 1.807) is 7.11 Å². The summed E-state index contributed by atoms with van der Waals surface area (Å²) in [5.41, 5.74) is 7.90. The molecule has 0 saturated heterocycles. The summed E-state index contributed by atoms with van der Waals surface area (Å²) in [5, 5.41) is 8.49. The van der Waals surface area contributed by atoms with Crippen molar-refractivity contribution in [2.75, 3.05) is 18.2 Å². The number of nitrogen functional groups attached to an aromatic ring is 1. The lowest BCUT2D eigenvalue weighted by Gasteiger charge is -2.32. The van der Waals surface area contributed by atoms with Gasteiger partial charge in [-0.15, -0.1) is 5.10 Å². The number of fused-ring (bicyclic) bond motifs is 1. The zero-order chi connectivity index (χ0) is 17.4. The molecule has 0 saturated carbocycles. The van der Waals surface area contributed by atoms with Gasteiger partial charge in [0.25, 0.3) is 0 Å². The Morgan fingerprint density at radius 1 is 1.16 bits per heavy atom. The number of halogens is 1. The van der Waals surface area contributed by atoms with Gasteiger partial charge in [0.05, 0.1) is 19.2 Å². The van der Waals surface area contributed by atoms with Crippen LogP contribution in [0.1, 0.15) is 29.6 Å². The third-order valence-electron chi connectivity index (χ3n) is 4.48. The molecule has 0 bridgehead atoms. The second-order valence-corrected chi connectivity index (χ2v) is 6.36. The molecule has 128 valence electrons. The van der Waals surface area contributed by atoms with Gasteiger partial charge in [-0.1, -0.05) is 48.0 Å². The van der Waals surface area contributed by atoms with Gasteiger partial charge in [0, 0.05) is 10.6 Å². The van der Waals surface area contributed by atoms with Crippen molar-refractivity contribution >= 4 is 23.5 Å². The van der Waals surface area contributed by atoms with E-state index in [-0.39, 0.29) is 18.0 Å². The van der Waals surface area contributed by atoms with Crippen LogP contribution in [0.25, 0.3) is 0 Å². The Hall–Kier alpha value is -2.73. The molecule has 1 aliphatic rings. The van der Waals surface area contributed by atoms with Crippen LogP contribution in [0.2, 0.25) is 5.02 Å². The van der Waals surface area contributed by atoms with Crippen molar-refractivity contribution in [3.63, 3.8) is 0 Å². The van der Waals surface area contributed by atoms with Crippen molar-refractivity contribution in [2.45, 2.75) is 18.5 Å². The van der Waals surface area contributed by atoms with Gasteiger partial charge < -0.3 is 15.8 Å². The summed E-state index contributed by atoms with van der Waals surface area (Å²) < 4.78 is 7.37. The number of rotatable bonds is 3. The molecule has 0 aliphatic carbocycles. The molecule has 2 heterocycles. The van der Waals surface area contributed by atoms with E-state index in [9.17, 15) is 0 Å². The third kappa shape index (κ3) is 2.78. The van der Waals surface area contributed by atoms with Crippen LogP contribution in [0.15, 0.2) is 48.5 Å². The second kappa shape index (κ2) is 6.29. The van der Waals surface area contributed by atoms with Gasteiger partial charge in [-0.05, 0) is 24.1 Å². The van der Waals surface area contributed by atoms with Gasteiger partial charge in [0.2, 0.25) is 11.9 Å². The van der Waals surface area contributed by atoms with E-state index in [0.29, 0.717) is 5.95 Å². The number of para-hydroxylation sites is 1. The van der Waals surface area contributed by atoms with Gasteiger partial charge in [-0.25, -0.2) is 4.68 Å². The van der Waals surface area contributed by atoms with Gasteiger partial charge in [-0.2, -0.15) is 4.98 Å². The minimum absolute atomic E-state index is 0.000266. The molecule has 0 unspecified atom stereocenters. The number of nitrogens with two attached hydrogens (primary N) is 1. The largest absolute Gasteiger partial charge is 0.496 e. The molecule has 25 heavy (non-hydrogen) atoms. The molecule has 7 heteroatoms. The fraction of sp³-hybridized carbons (Fsp3) is 0.222. The predicted molar refractivity (Wildman–Crippen MR) is 98.0 cm³/mol. The van der Waals surface area contributed by atoms with Crippen molar-refractivity contribution in [1.29, 1.82) is 0 Å². The summed E-state index contributed by atoms with van der Waals surface area (Å²) in [5.74, 6) is 1.68. The molecule has 3 aromatic rings. The fourth-order valence-electron chi connectivity index (χ4n) is 3.36. The average molecular weight is 356 g/mol.